The van der Waals surface area contributed by atoms with Gasteiger partial charge in [-0.05, 0) is 96.1 Å². The molecule has 0 spiro atoms. The zero-order chi connectivity index (χ0) is 29.9. The van der Waals surface area contributed by atoms with E-state index in [0.29, 0.717) is 4.83 Å². The lowest BCUT2D eigenvalue weighted by atomic mass is 9.90. The van der Waals surface area contributed by atoms with Gasteiger partial charge in [-0.3, -0.25) is 0 Å². The van der Waals surface area contributed by atoms with Crippen LogP contribution in [0.5, 0.6) is 0 Å². The highest BCUT2D eigenvalue weighted by Gasteiger charge is 2.19. The summed E-state index contributed by atoms with van der Waals surface area (Å²) >= 11 is 3.77. The van der Waals surface area contributed by atoms with Gasteiger partial charge >= 0.3 is 0 Å². The number of aromatic nitrogens is 2. The first-order valence-corrected chi connectivity index (χ1v) is 16.7. The smallest absolute Gasteiger partial charge is 0.0541 e. The van der Waals surface area contributed by atoms with Crippen LogP contribution >= 0.6 is 15.9 Å². The van der Waals surface area contributed by atoms with E-state index in [1.165, 1.54) is 77.3 Å². The number of allylic oxidation sites excluding steroid dienone is 8. The van der Waals surface area contributed by atoms with Gasteiger partial charge < -0.3 is 9.13 Å². The molecule has 2 aliphatic carbocycles. The lowest BCUT2D eigenvalue weighted by Crippen LogP contribution is -2.06. The number of rotatable bonds is 4. The van der Waals surface area contributed by atoms with Crippen LogP contribution < -0.4 is 0 Å². The average molecular weight is 644 g/mol. The fraction of sp³-hybridized carbons (Fsp3) is 0.0952. The monoisotopic (exact) mass is 642 g/mol. The van der Waals surface area contributed by atoms with Crippen LogP contribution in [0, 0.1) is 0 Å². The summed E-state index contributed by atoms with van der Waals surface area (Å²) in [5.74, 6) is 0. The first-order chi connectivity index (χ1) is 22.2. The quantitative estimate of drug-likeness (QED) is 0.169. The first kappa shape index (κ1) is 26.5. The van der Waals surface area contributed by atoms with E-state index >= 15 is 0 Å². The Balaban J connectivity index is 1.17. The van der Waals surface area contributed by atoms with Crippen LogP contribution in [0.4, 0.5) is 0 Å². The Hall–Kier alpha value is -4.86. The Kier molecular flexibility index (Phi) is 6.28. The molecule has 5 aromatic carbocycles. The largest absolute Gasteiger partial charge is 0.313 e. The number of benzene rings is 5. The summed E-state index contributed by atoms with van der Waals surface area (Å²) in [6.45, 7) is 0. The van der Waals surface area contributed by atoms with Crippen molar-refractivity contribution in [1.82, 2.24) is 9.13 Å². The van der Waals surface area contributed by atoms with Crippen LogP contribution in [0.25, 0.3) is 66.1 Å². The highest BCUT2D eigenvalue weighted by atomic mass is 79.9. The van der Waals surface area contributed by atoms with Crippen LogP contribution in [0.1, 0.15) is 19.3 Å². The molecule has 3 heteroatoms. The second-order valence-electron chi connectivity index (χ2n) is 12.2. The minimum absolute atomic E-state index is 0.429. The Morgan fingerprint density at radius 2 is 1.11 bits per heavy atom. The van der Waals surface area contributed by atoms with Crippen molar-refractivity contribution in [3.8, 4) is 16.8 Å². The molecule has 0 N–H and O–H groups in total. The Labute approximate surface area is 271 Å². The molecule has 0 amide bonds. The fourth-order valence-electron chi connectivity index (χ4n) is 7.43. The minimum Gasteiger partial charge on any atom is -0.313 e. The summed E-state index contributed by atoms with van der Waals surface area (Å²) in [7, 11) is 0. The number of halogens is 1. The van der Waals surface area contributed by atoms with Crippen LogP contribution in [0.2, 0.25) is 0 Å². The van der Waals surface area contributed by atoms with Gasteiger partial charge in [0.25, 0.3) is 0 Å². The molecule has 9 rings (SSSR count). The molecular formula is C42H31BrN2. The van der Waals surface area contributed by atoms with E-state index in [1.807, 2.05) is 0 Å². The fourth-order valence-corrected chi connectivity index (χ4v) is 7.95. The van der Waals surface area contributed by atoms with Gasteiger partial charge in [0.15, 0.2) is 0 Å². The standard InChI is InChI=1S/C42H31BrN2/c43-32-10-8-9-29(25-32)28-17-21-34(22-18-28)45-40-16-7-5-14-36(40)38-27-31(20-24-42(38)45)30-19-23-41-37(26-30)35-13-4-6-15-39(35)44(41)33-11-2-1-3-12-33/h1-17,19-21,23-24,26-27,32H,18,22,25H2. The maximum atomic E-state index is 3.77. The molecule has 2 aliphatic rings. The second-order valence-corrected chi connectivity index (χ2v) is 13.3. The number of hydrogen-bond acceptors (Lipinski definition) is 0. The first-order valence-electron chi connectivity index (χ1n) is 15.8. The van der Waals surface area contributed by atoms with Gasteiger partial charge in [-0.15, -0.1) is 0 Å². The van der Waals surface area contributed by atoms with E-state index in [1.54, 1.807) is 0 Å². The van der Waals surface area contributed by atoms with Gasteiger partial charge in [-0.25, -0.2) is 0 Å². The zero-order valence-corrected chi connectivity index (χ0v) is 26.4. The number of alkyl halides is 1. The molecule has 1 atom stereocenters. The van der Waals surface area contributed by atoms with E-state index in [-0.39, 0.29) is 0 Å². The molecule has 2 nitrogen and oxygen atoms in total. The van der Waals surface area contributed by atoms with Crippen LogP contribution in [0.3, 0.4) is 0 Å². The number of fused-ring (bicyclic) bond motifs is 6. The molecule has 0 saturated carbocycles. The van der Waals surface area contributed by atoms with E-state index in [0.717, 1.165) is 19.3 Å². The Morgan fingerprint density at radius 3 is 1.76 bits per heavy atom. The summed E-state index contributed by atoms with van der Waals surface area (Å²) < 4.78 is 4.86. The topological polar surface area (TPSA) is 9.86 Å². The molecule has 2 aromatic heterocycles. The van der Waals surface area contributed by atoms with Gasteiger partial charge in [-0.2, -0.15) is 0 Å². The molecular weight excluding hydrogens is 612 g/mol. The Morgan fingerprint density at radius 1 is 0.511 bits per heavy atom. The normalized spacial score (nSPS) is 16.8. The summed E-state index contributed by atoms with van der Waals surface area (Å²) in [4.78, 5) is 0.429. The Bertz CT molecular complexity index is 2410. The highest BCUT2D eigenvalue weighted by Crippen LogP contribution is 2.40. The summed E-state index contributed by atoms with van der Waals surface area (Å²) in [5.41, 5.74) is 12.9. The predicted octanol–water partition coefficient (Wildman–Crippen LogP) is 11.8. The van der Waals surface area contributed by atoms with Crippen molar-refractivity contribution >= 4 is 65.2 Å². The van der Waals surface area contributed by atoms with Crippen molar-refractivity contribution < 1.29 is 0 Å². The molecule has 0 bridgehead atoms. The molecule has 45 heavy (non-hydrogen) atoms. The van der Waals surface area contributed by atoms with E-state index < -0.39 is 0 Å². The number of nitrogens with zero attached hydrogens (tertiary/aromatic N) is 2. The molecule has 0 fully saturated rings. The lowest BCUT2D eigenvalue weighted by Gasteiger charge is -2.21. The minimum atomic E-state index is 0.429. The van der Waals surface area contributed by atoms with Crippen LogP contribution in [0.15, 0.2) is 157 Å². The third-order valence-corrected chi connectivity index (χ3v) is 10.2. The second kappa shape index (κ2) is 10.6. The van der Waals surface area contributed by atoms with E-state index in [9.17, 15) is 0 Å². The van der Waals surface area contributed by atoms with Crippen molar-refractivity contribution in [3.05, 3.63) is 157 Å². The molecule has 1 unspecified atom stereocenters. The van der Waals surface area contributed by atoms with Gasteiger partial charge in [0, 0.05) is 37.8 Å². The van der Waals surface area contributed by atoms with Gasteiger partial charge in [0.05, 0.1) is 22.1 Å². The van der Waals surface area contributed by atoms with E-state index in [4.69, 9.17) is 0 Å². The average Bonchev–Trinajstić information content (AvgIpc) is 3.61. The van der Waals surface area contributed by atoms with Crippen molar-refractivity contribution in [2.24, 2.45) is 0 Å². The summed E-state index contributed by atoms with van der Waals surface area (Å²) in [6.07, 6.45) is 14.5. The third kappa shape index (κ3) is 4.37. The number of para-hydroxylation sites is 3. The maximum Gasteiger partial charge on any atom is 0.0541 e. The summed E-state index contributed by atoms with van der Waals surface area (Å²) in [6, 6.07) is 42.2. The zero-order valence-electron chi connectivity index (χ0n) is 24.8. The molecule has 0 aliphatic heterocycles. The molecule has 2 heterocycles. The van der Waals surface area contributed by atoms with Crippen molar-refractivity contribution in [1.29, 1.82) is 0 Å². The molecule has 216 valence electrons. The van der Waals surface area contributed by atoms with Crippen LogP contribution in [-0.4, -0.2) is 14.0 Å². The molecule has 0 radical (unpaired) electrons. The van der Waals surface area contributed by atoms with Crippen molar-refractivity contribution in [3.63, 3.8) is 0 Å². The van der Waals surface area contributed by atoms with Gasteiger partial charge in [-0.1, -0.05) is 107 Å². The maximum absolute atomic E-state index is 3.77. The third-order valence-electron chi connectivity index (χ3n) is 9.55. The number of hydrogen-bond donors (Lipinski definition) is 0. The predicted molar refractivity (Wildman–Crippen MR) is 195 cm³/mol. The SMILES string of the molecule is BrC1C=CC=C(C2=CC=C(n3c4ccccc4c4cc(-c5ccc6c(c5)c5ccccc5n6-c5ccccc5)ccc43)CC2)C1. The summed E-state index contributed by atoms with van der Waals surface area (Å²) in [5, 5.41) is 5.15. The van der Waals surface area contributed by atoms with Crippen molar-refractivity contribution in [2.75, 3.05) is 0 Å². The van der Waals surface area contributed by atoms with Crippen molar-refractivity contribution in [2.45, 2.75) is 24.1 Å². The molecule has 7 aromatic rings. The van der Waals surface area contributed by atoms with Gasteiger partial charge in [0.2, 0.25) is 0 Å². The van der Waals surface area contributed by atoms with E-state index in [2.05, 4.69) is 171 Å². The highest BCUT2D eigenvalue weighted by molar-refractivity contribution is 9.09. The molecule has 0 saturated heterocycles. The van der Waals surface area contributed by atoms with Gasteiger partial charge in [0.1, 0.15) is 0 Å². The lowest BCUT2D eigenvalue weighted by molar-refractivity contribution is 0.894. The van der Waals surface area contributed by atoms with Crippen LogP contribution in [-0.2, 0) is 0 Å².